The molecule has 3 aromatic rings. The van der Waals surface area contributed by atoms with Gasteiger partial charge in [0.15, 0.2) is 5.82 Å². The molecule has 0 aliphatic carbocycles. The lowest BCUT2D eigenvalue weighted by Crippen LogP contribution is -2.19. The molecule has 38 heavy (non-hydrogen) atoms. The lowest BCUT2D eigenvalue weighted by molar-refractivity contribution is 0.120. The Hall–Kier alpha value is -3.50. The molecule has 1 aromatic heterocycles. The van der Waals surface area contributed by atoms with Gasteiger partial charge >= 0.3 is 0 Å². The average molecular weight is 565 g/mol. The quantitative estimate of drug-likeness (QED) is 0.354. The number of ether oxygens (including phenoxy) is 2. The van der Waals surface area contributed by atoms with E-state index in [1.54, 1.807) is 0 Å². The van der Waals surface area contributed by atoms with Crippen molar-refractivity contribution in [2.75, 3.05) is 30.3 Å². The van der Waals surface area contributed by atoms with Crippen molar-refractivity contribution in [2.45, 2.75) is 30.4 Å². The molecule has 0 radical (unpaired) electrons. The maximum atomic E-state index is 15.2. The Bertz CT molecular complexity index is 1490. The van der Waals surface area contributed by atoms with E-state index in [1.807, 2.05) is 0 Å². The second kappa shape index (κ2) is 11.9. The van der Waals surface area contributed by atoms with Crippen LogP contribution in [0.5, 0.6) is 5.75 Å². The molecule has 4 rings (SSSR count). The summed E-state index contributed by atoms with van der Waals surface area (Å²) in [6.07, 6.45) is 4.86. The molecular formula is C25H23ClF2N4O5S. The molecule has 1 fully saturated rings. The first-order chi connectivity index (χ1) is 18.2. The van der Waals surface area contributed by atoms with Gasteiger partial charge in [-0.05, 0) is 37.1 Å². The zero-order chi connectivity index (χ0) is 27.3. The van der Waals surface area contributed by atoms with Gasteiger partial charge in [-0.2, -0.15) is 0 Å². The van der Waals surface area contributed by atoms with Crippen LogP contribution in [0.25, 0.3) is 0 Å². The Morgan fingerprint density at radius 3 is 2.66 bits per heavy atom. The number of methoxy groups -OCH3 is 1. The summed E-state index contributed by atoms with van der Waals surface area (Å²) in [5.41, 5.74) is -0.799. The first-order valence-electron chi connectivity index (χ1n) is 11.4. The van der Waals surface area contributed by atoms with Crippen molar-refractivity contribution in [3.63, 3.8) is 0 Å². The number of aliphatic hydroxyl groups is 1. The molecule has 2 heterocycles. The molecular weight excluding hydrogens is 542 g/mol. The predicted molar refractivity (Wildman–Crippen MR) is 137 cm³/mol. The molecule has 3 N–H and O–H groups in total. The highest BCUT2D eigenvalue weighted by Gasteiger charge is 2.25. The van der Waals surface area contributed by atoms with E-state index in [0.29, 0.717) is 12.5 Å². The molecule has 1 aliphatic heterocycles. The number of hydrogen-bond acceptors (Lipinski definition) is 8. The smallest absolute Gasteiger partial charge is 0.265 e. The zero-order valence-corrected chi connectivity index (χ0v) is 21.7. The highest BCUT2D eigenvalue weighted by atomic mass is 35.5. The van der Waals surface area contributed by atoms with Gasteiger partial charge in [0.25, 0.3) is 10.0 Å². The van der Waals surface area contributed by atoms with Gasteiger partial charge in [-0.1, -0.05) is 23.4 Å². The minimum Gasteiger partial charge on any atom is -0.495 e. The van der Waals surface area contributed by atoms with E-state index >= 15 is 4.39 Å². The fourth-order valence-corrected chi connectivity index (χ4v) is 5.35. The van der Waals surface area contributed by atoms with E-state index in [2.05, 4.69) is 31.8 Å². The monoisotopic (exact) mass is 564 g/mol. The van der Waals surface area contributed by atoms with E-state index in [0.717, 1.165) is 37.6 Å². The molecule has 13 heteroatoms. The van der Waals surface area contributed by atoms with Crippen LogP contribution in [0.1, 0.15) is 29.5 Å². The summed E-state index contributed by atoms with van der Waals surface area (Å²) >= 11 is 5.98. The van der Waals surface area contributed by atoms with E-state index < -0.39 is 44.4 Å². The lowest BCUT2D eigenvalue weighted by Gasteiger charge is -2.15. The summed E-state index contributed by atoms with van der Waals surface area (Å²) in [7, 11) is -3.25. The highest BCUT2D eigenvalue weighted by molar-refractivity contribution is 7.92. The molecule has 0 saturated carbocycles. The van der Waals surface area contributed by atoms with Gasteiger partial charge in [0.2, 0.25) is 5.95 Å². The fraction of sp³-hybridized carbons (Fsp3) is 0.280. The van der Waals surface area contributed by atoms with Gasteiger partial charge in [0.05, 0.1) is 36.6 Å². The maximum Gasteiger partial charge on any atom is 0.265 e. The summed E-state index contributed by atoms with van der Waals surface area (Å²) in [5.74, 6) is 2.94. The number of anilines is 2. The highest BCUT2D eigenvalue weighted by Crippen LogP contribution is 2.34. The van der Waals surface area contributed by atoms with Gasteiger partial charge in [0.1, 0.15) is 16.5 Å². The minimum atomic E-state index is -4.46. The van der Waals surface area contributed by atoms with Crippen LogP contribution >= 0.6 is 11.6 Å². The molecule has 0 amide bonds. The first kappa shape index (κ1) is 27.5. The number of rotatable bonds is 8. The predicted octanol–water partition coefficient (Wildman–Crippen LogP) is 3.70. The summed E-state index contributed by atoms with van der Waals surface area (Å²) in [6, 6.07) is 4.23. The van der Waals surface area contributed by atoms with Crippen LogP contribution in [0.2, 0.25) is 5.02 Å². The second-order valence-electron chi connectivity index (χ2n) is 8.21. The van der Waals surface area contributed by atoms with Crippen molar-refractivity contribution in [3.05, 3.63) is 70.0 Å². The zero-order valence-electron chi connectivity index (χ0n) is 20.1. The van der Waals surface area contributed by atoms with Crippen molar-refractivity contribution >= 4 is 33.3 Å². The largest absolute Gasteiger partial charge is 0.495 e. The number of nitrogens with one attached hydrogen (secondary N) is 2. The standard InChI is InChI=1S/C25H23ClF2N4O5S/c1-36-24-16(14-33)9-17(26)10-22(24)38(34,35)32-21-7-6-20(27)19(23(21)28)5-4-15-11-29-25(30-12-15)31-13-18-3-2-8-37-18/h6-7,9-12,18,32-33H,2-3,8,13-14H2,1H3,(H,29,30,31). The molecule has 2 aromatic carbocycles. The average Bonchev–Trinajstić information content (AvgIpc) is 3.43. The Labute approximate surface area is 223 Å². The van der Waals surface area contributed by atoms with Crippen molar-refractivity contribution in [1.29, 1.82) is 0 Å². The number of halogens is 3. The van der Waals surface area contributed by atoms with E-state index in [-0.39, 0.29) is 28.0 Å². The molecule has 9 nitrogen and oxygen atoms in total. The van der Waals surface area contributed by atoms with Gasteiger partial charge in [-0.3, -0.25) is 4.72 Å². The summed E-state index contributed by atoms with van der Waals surface area (Å²) in [4.78, 5) is 7.84. The molecule has 1 aliphatic rings. The van der Waals surface area contributed by atoms with Crippen LogP contribution in [-0.4, -0.2) is 49.9 Å². The van der Waals surface area contributed by atoms with Crippen LogP contribution in [-0.2, 0) is 21.4 Å². The third kappa shape index (κ3) is 6.31. The van der Waals surface area contributed by atoms with E-state index in [1.165, 1.54) is 25.6 Å². The number of hydrogen-bond donors (Lipinski definition) is 3. The number of aliphatic hydroxyl groups excluding tert-OH is 1. The number of benzene rings is 2. The van der Waals surface area contributed by atoms with E-state index in [9.17, 15) is 17.9 Å². The SMILES string of the molecule is COc1c(CO)cc(Cl)cc1S(=O)(=O)Nc1ccc(F)c(C#Cc2cnc(NCC3CCCO3)nc2)c1F. The molecule has 1 saturated heterocycles. The molecule has 200 valence electrons. The maximum absolute atomic E-state index is 15.2. The Balaban J connectivity index is 1.56. The normalized spacial score (nSPS) is 15.0. The number of sulfonamides is 1. The van der Waals surface area contributed by atoms with Crippen molar-refractivity contribution < 1.29 is 31.8 Å². The van der Waals surface area contributed by atoms with Crippen molar-refractivity contribution in [3.8, 4) is 17.6 Å². The topological polar surface area (TPSA) is 123 Å². The van der Waals surface area contributed by atoms with Gasteiger partial charge < -0.3 is 19.9 Å². The molecule has 0 bridgehead atoms. The Kier molecular flexibility index (Phi) is 8.63. The number of aromatic nitrogens is 2. The second-order valence-corrected chi connectivity index (χ2v) is 10.3. The van der Waals surface area contributed by atoms with Crippen LogP contribution in [0, 0.1) is 23.5 Å². The first-order valence-corrected chi connectivity index (χ1v) is 13.3. The van der Waals surface area contributed by atoms with Crippen LogP contribution in [0.3, 0.4) is 0 Å². The van der Waals surface area contributed by atoms with Crippen LogP contribution < -0.4 is 14.8 Å². The van der Waals surface area contributed by atoms with Crippen LogP contribution in [0.15, 0.2) is 41.6 Å². The van der Waals surface area contributed by atoms with Gasteiger partial charge in [-0.25, -0.2) is 27.2 Å². The van der Waals surface area contributed by atoms with Gasteiger partial charge in [-0.15, -0.1) is 0 Å². The third-order valence-corrected chi connectivity index (χ3v) is 7.18. The summed E-state index contributed by atoms with van der Waals surface area (Å²) in [6.45, 7) is 0.746. The Morgan fingerprint density at radius 1 is 1.24 bits per heavy atom. The van der Waals surface area contributed by atoms with Crippen LogP contribution in [0.4, 0.5) is 20.4 Å². The van der Waals surface area contributed by atoms with Crippen molar-refractivity contribution in [1.82, 2.24) is 9.97 Å². The third-order valence-electron chi connectivity index (χ3n) is 5.59. The fourth-order valence-electron chi connectivity index (χ4n) is 3.75. The minimum absolute atomic E-state index is 0.0108. The van der Waals surface area contributed by atoms with E-state index in [4.69, 9.17) is 21.1 Å². The summed E-state index contributed by atoms with van der Waals surface area (Å²) in [5, 5.41) is 12.6. The molecule has 1 atom stereocenters. The summed E-state index contributed by atoms with van der Waals surface area (Å²) < 4.78 is 68.4. The molecule has 1 unspecified atom stereocenters. The molecule has 0 spiro atoms. The van der Waals surface area contributed by atoms with Gasteiger partial charge in [0, 0.05) is 36.1 Å². The Morgan fingerprint density at radius 2 is 2.00 bits per heavy atom. The lowest BCUT2D eigenvalue weighted by atomic mass is 10.1. The van der Waals surface area contributed by atoms with Crippen molar-refractivity contribution in [2.24, 2.45) is 0 Å². The number of nitrogens with zero attached hydrogens (tertiary/aromatic N) is 2.